The number of hydrogen-bond donors (Lipinski definition) is 0. The van der Waals surface area contributed by atoms with E-state index >= 15 is 0 Å². The first-order valence-corrected chi connectivity index (χ1v) is 16.1. The van der Waals surface area contributed by atoms with E-state index in [-0.39, 0.29) is 8.74 Å². The molecule has 1 aliphatic heterocycles. The fraction of sp³-hybridized carbons (Fsp3) is 1.00. The average Bonchev–Trinajstić information content (AvgIpc) is 2.61. The van der Waals surface area contributed by atoms with Crippen LogP contribution < -0.4 is 0 Å². The minimum absolute atomic E-state index is 0.345. The number of hydrogen-bond acceptors (Lipinski definition) is 2. The molecule has 19 heavy (non-hydrogen) atoms. The largest absolute Gasteiger partial charge is 0.228 e. The van der Waals surface area contributed by atoms with Gasteiger partial charge in [0.15, 0.2) is 9.84 Å². The zero-order chi connectivity index (χ0) is 15.3. The monoisotopic (exact) mass is 320 g/mol. The van der Waals surface area contributed by atoms with Gasteiger partial charge in [-0.1, -0.05) is 66.0 Å². The second-order valence-electron chi connectivity index (χ2n) is 8.16. The lowest BCUT2D eigenvalue weighted by Gasteiger charge is -2.36. The van der Waals surface area contributed by atoms with E-state index in [0.717, 1.165) is 25.7 Å². The summed E-state index contributed by atoms with van der Waals surface area (Å²) in [6.45, 7) is 17.8. The first kappa shape index (κ1) is 17.4. The molecule has 0 aliphatic carbocycles. The van der Waals surface area contributed by atoms with Gasteiger partial charge in [0.2, 0.25) is 0 Å². The summed E-state index contributed by atoms with van der Waals surface area (Å²) in [4.78, 5) is 0. The Morgan fingerprint density at radius 3 is 1.16 bits per heavy atom. The van der Waals surface area contributed by atoms with Gasteiger partial charge in [-0.15, -0.1) is 0 Å². The normalized spacial score (nSPS) is 34.3. The molecule has 0 unspecified atom stereocenters. The van der Waals surface area contributed by atoms with Gasteiger partial charge < -0.3 is 0 Å². The van der Waals surface area contributed by atoms with Gasteiger partial charge in [-0.2, -0.15) is 0 Å². The number of sulfone groups is 1. The van der Waals surface area contributed by atoms with Crippen molar-refractivity contribution in [3.8, 4) is 0 Å². The summed E-state index contributed by atoms with van der Waals surface area (Å²) in [5.41, 5.74) is 0. The summed E-state index contributed by atoms with van der Waals surface area (Å²) in [6, 6.07) is 0. The van der Waals surface area contributed by atoms with Crippen molar-refractivity contribution in [3.05, 3.63) is 0 Å². The molecule has 5 heteroatoms. The zero-order valence-corrected chi connectivity index (χ0v) is 16.9. The van der Waals surface area contributed by atoms with Crippen LogP contribution in [-0.2, 0) is 9.84 Å². The standard InChI is InChI=1S/C14H32O2SSi2/c1-9-11-13(18(3,4)5)14(12-10-2,17(13,15)16)19(6,7)8/h9-12H2,1-8H3/t13-,14-/m0/s1. The lowest BCUT2D eigenvalue weighted by Crippen LogP contribution is -2.56. The highest BCUT2D eigenvalue weighted by molar-refractivity contribution is 8.06. The third-order valence-electron chi connectivity index (χ3n) is 5.16. The summed E-state index contributed by atoms with van der Waals surface area (Å²) in [5, 5.41) is 0. The molecule has 1 aliphatic rings. The summed E-state index contributed by atoms with van der Waals surface area (Å²) in [6.07, 6.45) is 3.74. The van der Waals surface area contributed by atoms with Gasteiger partial charge in [0.25, 0.3) is 0 Å². The van der Waals surface area contributed by atoms with E-state index in [2.05, 4.69) is 53.1 Å². The van der Waals surface area contributed by atoms with Crippen LogP contribution in [0.4, 0.5) is 0 Å². The molecular formula is C14H32O2SSi2. The first-order valence-electron chi connectivity index (χ1n) is 7.61. The van der Waals surface area contributed by atoms with E-state index in [1.807, 2.05) is 0 Å². The molecule has 1 fully saturated rings. The molecule has 1 heterocycles. The maximum atomic E-state index is 13.2. The van der Waals surface area contributed by atoms with Crippen molar-refractivity contribution in [2.45, 2.75) is 87.6 Å². The lowest BCUT2D eigenvalue weighted by molar-refractivity contribution is 0.605. The van der Waals surface area contributed by atoms with Gasteiger partial charge in [-0.3, -0.25) is 0 Å². The van der Waals surface area contributed by atoms with E-state index in [0.29, 0.717) is 0 Å². The van der Waals surface area contributed by atoms with Crippen LogP contribution in [-0.4, -0.2) is 33.3 Å². The van der Waals surface area contributed by atoms with Crippen LogP contribution in [0, 0.1) is 0 Å². The van der Waals surface area contributed by atoms with Crippen LogP contribution >= 0.6 is 0 Å². The Hall–Kier alpha value is 0.384. The molecule has 0 aromatic rings. The third-order valence-corrected chi connectivity index (χ3v) is 20.0. The molecule has 0 spiro atoms. The Morgan fingerprint density at radius 1 is 0.737 bits per heavy atom. The van der Waals surface area contributed by atoms with Gasteiger partial charge in [-0.25, -0.2) is 8.42 Å². The highest BCUT2D eigenvalue weighted by Crippen LogP contribution is 2.68. The smallest absolute Gasteiger partial charge is 0.158 e. The Morgan fingerprint density at radius 2 is 1.00 bits per heavy atom. The summed E-state index contributed by atoms with van der Waals surface area (Å²) >= 11 is 0. The van der Waals surface area contributed by atoms with Crippen molar-refractivity contribution < 1.29 is 8.42 Å². The van der Waals surface area contributed by atoms with Gasteiger partial charge in [0, 0.05) is 0 Å². The van der Waals surface area contributed by atoms with E-state index < -0.39 is 26.0 Å². The molecule has 0 aromatic carbocycles. The number of rotatable bonds is 6. The molecule has 0 saturated carbocycles. The quantitative estimate of drug-likeness (QED) is 0.541. The summed E-state index contributed by atoms with van der Waals surface area (Å²) < 4.78 is 25.7. The van der Waals surface area contributed by atoms with Crippen LogP contribution in [0.25, 0.3) is 0 Å². The third kappa shape index (κ3) is 1.87. The molecule has 1 rings (SSSR count). The maximum absolute atomic E-state index is 13.2. The molecule has 0 aromatic heterocycles. The van der Waals surface area contributed by atoms with Crippen molar-refractivity contribution in [2.24, 2.45) is 0 Å². The van der Waals surface area contributed by atoms with Crippen LogP contribution in [0.2, 0.25) is 39.3 Å². The minimum Gasteiger partial charge on any atom is -0.228 e. The Kier molecular flexibility index (Phi) is 4.31. The van der Waals surface area contributed by atoms with E-state index in [9.17, 15) is 8.42 Å². The molecule has 1 saturated heterocycles. The maximum Gasteiger partial charge on any atom is 0.158 e. The summed E-state index contributed by atoms with van der Waals surface area (Å²) in [7, 11) is -6.47. The second-order valence-corrected chi connectivity index (χ2v) is 22.0. The molecule has 2 nitrogen and oxygen atoms in total. The van der Waals surface area contributed by atoms with Crippen LogP contribution in [0.15, 0.2) is 0 Å². The predicted molar refractivity (Wildman–Crippen MR) is 90.9 cm³/mol. The van der Waals surface area contributed by atoms with Gasteiger partial charge >= 0.3 is 0 Å². The first-order chi connectivity index (χ1) is 8.37. The van der Waals surface area contributed by atoms with Gasteiger partial charge in [-0.05, 0) is 12.8 Å². The fourth-order valence-electron chi connectivity index (χ4n) is 4.65. The SMILES string of the molecule is CCC[C@]1([Si](C)(C)C)[C@](CCC)([Si](C)(C)C)S1(=O)=O. The minimum atomic E-state index is -2.94. The molecule has 0 bridgehead atoms. The van der Waals surface area contributed by atoms with Crippen LogP contribution in [0.1, 0.15) is 39.5 Å². The van der Waals surface area contributed by atoms with Crippen LogP contribution in [0.5, 0.6) is 0 Å². The van der Waals surface area contributed by atoms with E-state index in [4.69, 9.17) is 0 Å². The Bertz CT molecular complexity index is 409. The van der Waals surface area contributed by atoms with Gasteiger partial charge in [0.1, 0.15) is 0 Å². The summed E-state index contributed by atoms with van der Waals surface area (Å²) in [5.74, 6) is 0. The molecule has 0 N–H and O–H groups in total. The van der Waals surface area contributed by atoms with Gasteiger partial charge in [0.05, 0.1) is 24.9 Å². The van der Waals surface area contributed by atoms with Crippen molar-refractivity contribution in [1.82, 2.24) is 0 Å². The van der Waals surface area contributed by atoms with Crippen molar-refractivity contribution in [1.29, 1.82) is 0 Å². The molecule has 0 radical (unpaired) electrons. The second kappa shape index (κ2) is 4.70. The van der Waals surface area contributed by atoms with Crippen molar-refractivity contribution in [2.75, 3.05) is 0 Å². The highest BCUT2D eigenvalue weighted by Gasteiger charge is 2.88. The molecule has 114 valence electrons. The Balaban J connectivity index is 3.58. The van der Waals surface area contributed by atoms with E-state index in [1.54, 1.807) is 0 Å². The molecular weight excluding hydrogens is 288 g/mol. The average molecular weight is 321 g/mol. The van der Waals surface area contributed by atoms with Crippen LogP contribution in [0.3, 0.4) is 0 Å². The highest BCUT2D eigenvalue weighted by atomic mass is 32.2. The van der Waals surface area contributed by atoms with E-state index in [1.165, 1.54) is 0 Å². The van der Waals surface area contributed by atoms with Crippen molar-refractivity contribution >= 4 is 26.0 Å². The fourth-order valence-corrected chi connectivity index (χ4v) is 24.1. The Labute approximate surface area is 122 Å². The van der Waals surface area contributed by atoms with Crippen molar-refractivity contribution in [3.63, 3.8) is 0 Å². The molecule has 2 atom stereocenters. The predicted octanol–water partition coefficient (Wildman–Crippen LogP) is 4.25. The topological polar surface area (TPSA) is 34.1 Å². The molecule has 0 amide bonds. The zero-order valence-electron chi connectivity index (χ0n) is 14.1. The lowest BCUT2D eigenvalue weighted by atomic mass is 10.1.